The maximum absolute atomic E-state index is 12.5. The summed E-state index contributed by atoms with van der Waals surface area (Å²) in [6.07, 6.45) is 4.00. The van der Waals surface area contributed by atoms with Gasteiger partial charge in [0.25, 0.3) is 5.91 Å². The molecule has 2 heterocycles. The third-order valence-electron chi connectivity index (χ3n) is 3.86. The van der Waals surface area contributed by atoms with E-state index in [0.717, 1.165) is 31.5 Å². The molecule has 0 N–H and O–H groups in total. The second-order valence-electron chi connectivity index (χ2n) is 5.58. The van der Waals surface area contributed by atoms with Gasteiger partial charge in [0.2, 0.25) is 5.95 Å². The van der Waals surface area contributed by atoms with Crippen LogP contribution >= 0.6 is 0 Å². The fraction of sp³-hybridized carbons (Fsp3) is 0.353. The van der Waals surface area contributed by atoms with Crippen molar-refractivity contribution in [3.63, 3.8) is 0 Å². The Hall–Kier alpha value is -2.43. The number of hydrogen-bond donors (Lipinski definition) is 0. The number of nitrogens with zero attached hydrogens (tertiary/aromatic N) is 4. The van der Waals surface area contributed by atoms with Crippen LogP contribution in [0.1, 0.15) is 28.9 Å². The Morgan fingerprint density at radius 3 is 2.64 bits per heavy atom. The van der Waals surface area contributed by atoms with Gasteiger partial charge in [0.1, 0.15) is 5.69 Å². The summed E-state index contributed by atoms with van der Waals surface area (Å²) >= 11 is 0. The maximum atomic E-state index is 12.5. The molecule has 0 atom stereocenters. The van der Waals surface area contributed by atoms with Gasteiger partial charge in [-0.1, -0.05) is 30.3 Å². The van der Waals surface area contributed by atoms with Gasteiger partial charge in [0.05, 0.1) is 0 Å². The van der Waals surface area contributed by atoms with Gasteiger partial charge >= 0.3 is 0 Å². The van der Waals surface area contributed by atoms with Crippen LogP contribution in [0.25, 0.3) is 0 Å². The molecule has 0 radical (unpaired) electrons. The first-order valence-corrected chi connectivity index (χ1v) is 7.61. The molecule has 1 amide bonds. The van der Waals surface area contributed by atoms with Crippen LogP contribution in [0.4, 0.5) is 5.95 Å². The Kier molecular flexibility index (Phi) is 4.32. The molecule has 114 valence electrons. The molecular weight excluding hydrogens is 276 g/mol. The highest BCUT2D eigenvalue weighted by Gasteiger charge is 2.18. The summed E-state index contributed by atoms with van der Waals surface area (Å²) < 4.78 is 0. The van der Waals surface area contributed by atoms with Crippen molar-refractivity contribution in [1.29, 1.82) is 0 Å². The lowest BCUT2D eigenvalue weighted by Gasteiger charge is -2.19. The quantitative estimate of drug-likeness (QED) is 0.869. The molecule has 1 saturated heterocycles. The van der Waals surface area contributed by atoms with E-state index < -0.39 is 0 Å². The predicted molar refractivity (Wildman–Crippen MR) is 85.7 cm³/mol. The molecule has 0 spiro atoms. The maximum Gasteiger partial charge on any atom is 0.272 e. The van der Waals surface area contributed by atoms with Crippen LogP contribution in [-0.2, 0) is 6.54 Å². The van der Waals surface area contributed by atoms with Crippen molar-refractivity contribution in [3.8, 4) is 0 Å². The minimum Gasteiger partial charge on any atom is -0.341 e. The van der Waals surface area contributed by atoms with Gasteiger partial charge in [-0.25, -0.2) is 9.97 Å². The molecule has 22 heavy (non-hydrogen) atoms. The summed E-state index contributed by atoms with van der Waals surface area (Å²) in [5.74, 6) is 0.586. The van der Waals surface area contributed by atoms with Gasteiger partial charge in [0, 0.05) is 32.9 Å². The van der Waals surface area contributed by atoms with Crippen molar-refractivity contribution < 1.29 is 4.79 Å². The summed E-state index contributed by atoms with van der Waals surface area (Å²) in [4.78, 5) is 25.1. The summed E-state index contributed by atoms with van der Waals surface area (Å²) in [5.41, 5.74) is 1.56. The number of rotatable bonds is 4. The molecular formula is C17H20N4O. The summed E-state index contributed by atoms with van der Waals surface area (Å²) in [6, 6.07) is 11.6. The zero-order valence-corrected chi connectivity index (χ0v) is 12.8. The van der Waals surface area contributed by atoms with Crippen molar-refractivity contribution in [2.24, 2.45) is 0 Å². The Morgan fingerprint density at radius 2 is 1.91 bits per heavy atom. The zero-order valence-electron chi connectivity index (χ0n) is 12.8. The molecule has 0 unspecified atom stereocenters. The lowest BCUT2D eigenvalue weighted by atomic mass is 10.2. The van der Waals surface area contributed by atoms with E-state index in [9.17, 15) is 4.79 Å². The minimum absolute atomic E-state index is 0.0771. The Balaban J connectivity index is 1.72. The number of hydrogen-bond acceptors (Lipinski definition) is 4. The highest BCUT2D eigenvalue weighted by atomic mass is 16.2. The minimum atomic E-state index is -0.0771. The van der Waals surface area contributed by atoms with Crippen molar-refractivity contribution in [2.75, 3.05) is 25.0 Å². The van der Waals surface area contributed by atoms with Gasteiger partial charge in [-0.15, -0.1) is 0 Å². The summed E-state index contributed by atoms with van der Waals surface area (Å²) in [7, 11) is 1.80. The largest absolute Gasteiger partial charge is 0.341 e. The number of benzene rings is 1. The van der Waals surface area contributed by atoms with Crippen LogP contribution < -0.4 is 4.90 Å². The van der Waals surface area contributed by atoms with Crippen molar-refractivity contribution in [3.05, 3.63) is 53.9 Å². The van der Waals surface area contributed by atoms with Crippen LogP contribution in [0.15, 0.2) is 42.6 Å². The first-order valence-electron chi connectivity index (χ1n) is 7.61. The average molecular weight is 296 g/mol. The van der Waals surface area contributed by atoms with Crippen LogP contribution in [0.3, 0.4) is 0 Å². The predicted octanol–water partition coefficient (Wildman–Crippen LogP) is 2.35. The topological polar surface area (TPSA) is 49.3 Å². The molecule has 5 heteroatoms. The van der Waals surface area contributed by atoms with Gasteiger partial charge in [-0.05, 0) is 24.5 Å². The average Bonchev–Trinajstić information content (AvgIpc) is 3.10. The monoisotopic (exact) mass is 296 g/mol. The molecule has 1 aromatic heterocycles. The number of aromatic nitrogens is 2. The van der Waals surface area contributed by atoms with E-state index in [4.69, 9.17) is 0 Å². The fourth-order valence-electron chi connectivity index (χ4n) is 2.66. The standard InChI is InChI=1S/C17H20N4O/c1-20(13-14-7-3-2-4-8-14)16(22)15-9-10-18-17(19-15)21-11-5-6-12-21/h2-4,7-10H,5-6,11-13H2,1H3. The number of carbonyl (C=O) groups is 1. The second kappa shape index (κ2) is 6.56. The van der Waals surface area contributed by atoms with E-state index in [-0.39, 0.29) is 5.91 Å². The molecule has 1 aromatic carbocycles. The fourth-order valence-corrected chi connectivity index (χ4v) is 2.66. The van der Waals surface area contributed by atoms with E-state index in [2.05, 4.69) is 14.9 Å². The Bertz CT molecular complexity index is 638. The lowest BCUT2D eigenvalue weighted by molar-refractivity contribution is 0.0779. The zero-order chi connectivity index (χ0) is 15.4. The lowest BCUT2D eigenvalue weighted by Crippen LogP contribution is -2.28. The molecule has 1 fully saturated rings. The van der Waals surface area contributed by atoms with E-state index in [1.54, 1.807) is 24.2 Å². The van der Waals surface area contributed by atoms with Crippen molar-refractivity contribution in [2.45, 2.75) is 19.4 Å². The first kappa shape index (κ1) is 14.5. The molecule has 0 aliphatic carbocycles. The van der Waals surface area contributed by atoms with Gasteiger partial charge in [-0.2, -0.15) is 0 Å². The number of anilines is 1. The van der Waals surface area contributed by atoms with Gasteiger partial charge in [-0.3, -0.25) is 4.79 Å². The normalized spacial score (nSPS) is 14.1. The van der Waals surface area contributed by atoms with E-state index in [1.807, 2.05) is 30.3 Å². The third kappa shape index (κ3) is 3.24. The first-order chi connectivity index (χ1) is 10.7. The van der Waals surface area contributed by atoms with Crippen LogP contribution in [-0.4, -0.2) is 40.9 Å². The third-order valence-corrected chi connectivity index (χ3v) is 3.86. The molecule has 0 saturated carbocycles. The van der Waals surface area contributed by atoms with E-state index in [1.165, 1.54) is 0 Å². The number of amides is 1. The molecule has 5 nitrogen and oxygen atoms in total. The van der Waals surface area contributed by atoms with Crippen molar-refractivity contribution >= 4 is 11.9 Å². The molecule has 0 bridgehead atoms. The highest BCUT2D eigenvalue weighted by Crippen LogP contribution is 2.16. The van der Waals surface area contributed by atoms with Crippen LogP contribution in [0.5, 0.6) is 0 Å². The van der Waals surface area contributed by atoms with Gasteiger partial charge in [0.15, 0.2) is 0 Å². The smallest absolute Gasteiger partial charge is 0.272 e. The molecule has 2 aromatic rings. The van der Waals surface area contributed by atoms with Crippen LogP contribution in [0, 0.1) is 0 Å². The SMILES string of the molecule is CN(Cc1ccccc1)C(=O)c1ccnc(N2CCCC2)n1. The number of carbonyl (C=O) groups excluding carboxylic acids is 1. The Labute approximate surface area is 130 Å². The van der Waals surface area contributed by atoms with E-state index >= 15 is 0 Å². The van der Waals surface area contributed by atoms with Gasteiger partial charge < -0.3 is 9.80 Å². The highest BCUT2D eigenvalue weighted by molar-refractivity contribution is 5.92. The Morgan fingerprint density at radius 1 is 1.18 bits per heavy atom. The summed E-state index contributed by atoms with van der Waals surface area (Å²) in [5, 5.41) is 0. The van der Waals surface area contributed by atoms with Crippen LogP contribution in [0.2, 0.25) is 0 Å². The van der Waals surface area contributed by atoms with Crippen molar-refractivity contribution in [1.82, 2.24) is 14.9 Å². The summed E-state index contributed by atoms with van der Waals surface area (Å²) in [6.45, 7) is 2.51. The molecule has 1 aliphatic heterocycles. The molecule has 1 aliphatic rings. The van der Waals surface area contributed by atoms with E-state index in [0.29, 0.717) is 18.2 Å². The second-order valence-corrected chi connectivity index (χ2v) is 5.58. The molecule has 3 rings (SSSR count).